The second-order valence-electron chi connectivity index (χ2n) is 9.24. The minimum atomic E-state index is -1.09. The molecule has 1 aromatic carbocycles. The van der Waals surface area contributed by atoms with E-state index in [1.807, 2.05) is 0 Å². The van der Waals surface area contributed by atoms with Gasteiger partial charge in [-0.05, 0) is 57.0 Å². The number of aromatic nitrogens is 2. The fraction of sp³-hybridized carbons (Fsp3) is 0.308. The molecule has 2 amide bonds. The molecule has 1 saturated heterocycles. The summed E-state index contributed by atoms with van der Waals surface area (Å²) >= 11 is 0. The van der Waals surface area contributed by atoms with Gasteiger partial charge in [-0.1, -0.05) is 0 Å². The number of benzene rings is 1. The maximum Gasteiger partial charge on any atom is 0.276 e. The van der Waals surface area contributed by atoms with Crippen molar-refractivity contribution in [1.29, 1.82) is 0 Å². The lowest BCUT2D eigenvalue weighted by Gasteiger charge is -2.33. The van der Waals surface area contributed by atoms with Gasteiger partial charge >= 0.3 is 0 Å². The van der Waals surface area contributed by atoms with Gasteiger partial charge in [0.05, 0.1) is 40.1 Å². The van der Waals surface area contributed by atoms with Crippen molar-refractivity contribution in [2.75, 3.05) is 29.0 Å². The average Bonchev–Trinajstić information content (AvgIpc) is 2.84. The van der Waals surface area contributed by atoms with Crippen LogP contribution < -0.4 is 27.0 Å². The SMILES string of the molecule is CC(C)NC(=O)c1ccc(F)c(-c2ccc(N)c(C(=O)Nc3cnccc3N3CCCC(N)C3)n2)c1F. The first kappa shape index (κ1) is 26.0. The van der Waals surface area contributed by atoms with Gasteiger partial charge in [0.1, 0.15) is 11.6 Å². The van der Waals surface area contributed by atoms with E-state index in [1.165, 1.54) is 18.3 Å². The fourth-order valence-electron chi connectivity index (χ4n) is 4.26. The monoisotopic (exact) mass is 509 g/mol. The van der Waals surface area contributed by atoms with Crippen LogP contribution in [0.5, 0.6) is 0 Å². The molecule has 0 spiro atoms. The van der Waals surface area contributed by atoms with E-state index in [4.69, 9.17) is 11.5 Å². The van der Waals surface area contributed by atoms with E-state index >= 15 is 4.39 Å². The van der Waals surface area contributed by atoms with Gasteiger partial charge in [0.2, 0.25) is 0 Å². The molecule has 1 aliphatic heterocycles. The standard InChI is InChI=1S/C26H29F2N7O2/c1-14(2)32-25(36)16-5-6-17(27)22(23(16)28)19-8-7-18(30)24(33-19)26(37)34-20-12-31-10-9-21(20)35-11-3-4-15(29)13-35/h5-10,12,14-15H,3-4,11,13,29-30H2,1-2H3,(H,32,36)(H,34,37). The zero-order valence-electron chi connectivity index (χ0n) is 20.6. The van der Waals surface area contributed by atoms with Gasteiger partial charge < -0.3 is 27.0 Å². The number of nitrogens with zero attached hydrogens (tertiary/aromatic N) is 3. The molecule has 4 rings (SSSR count). The van der Waals surface area contributed by atoms with Crippen LogP contribution in [-0.2, 0) is 0 Å². The van der Waals surface area contributed by atoms with Crippen LogP contribution in [0, 0.1) is 11.6 Å². The molecule has 1 atom stereocenters. The maximum absolute atomic E-state index is 15.3. The molecule has 11 heteroatoms. The van der Waals surface area contributed by atoms with Crippen molar-refractivity contribution < 1.29 is 18.4 Å². The van der Waals surface area contributed by atoms with Crippen LogP contribution >= 0.6 is 0 Å². The molecule has 37 heavy (non-hydrogen) atoms. The van der Waals surface area contributed by atoms with Crippen LogP contribution in [-0.4, -0.2) is 47.0 Å². The lowest BCUT2D eigenvalue weighted by Crippen LogP contribution is -2.43. The van der Waals surface area contributed by atoms with Gasteiger partial charge in [0.25, 0.3) is 11.8 Å². The molecule has 3 aromatic rings. The fourth-order valence-corrected chi connectivity index (χ4v) is 4.26. The number of nitrogen functional groups attached to an aromatic ring is 1. The van der Waals surface area contributed by atoms with Crippen molar-refractivity contribution in [3.05, 3.63) is 65.6 Å². The Balaban J connectivity index is 1.66. The number of nitrogens with one attached hydrogen (secondary N) is 2. The van der Waals surface area contributed by atoms with Crippen LogP contribution in [0.25, 0.3) is 11.3 Å². The lowest BCUT2D eigenvalue weighted by atomic mass is 10.0. The van der Waals surface area contributed by atoms with Crippen LogP contribution in [0.3, 0.4) is 0 Å². The number of carbonyl (C=O) groups is 2. The Morgan fingerprint density at radius 2 is 1.92 bits per heavy atom. The number of rotatable bonds is 6. The largest absolute Gasteiger partial charge is 0.397 e. The molecule has 0 saturated carbocycles. The zero-order chi connectivity index (χ0) is 26.7. The van der Waals surface area contributed by atoms with E-state index in [0.717, 1.165) is 37.2 Å². The van der Waals surface area contributed by atoms with Gasteiger partial charge in [-0.2, -0.15) is 0 Å². The van der Waals surface area contributed by atoms with Gasteiger partial charge in [-0.25, -0.2) is 13.8 Å². The predicted octanol–water partition coefficient (Wildman–Crippen LogP) is 3.32. The summed E-state index contributed by atoms with van der Waals surface area (Å²) < 4.78 is 30.0. The Labute approximate surface area is 213 Å². The molecule has 3 heterocycles. The molecular weight excluding hydrogens is 480 g/mol. The number of amides is 2. The zero-order valence-corrected chi connectivity index (χ0v) is 20.6. The second-order valence-corrected chi connectivity index (χ2v) is 9.24. The molecule has 194 valence electrons. The molecule has 0 aliphatic carbocycles. The normalized spacial score (nSPS) is 15.5. The molecular formula is C26H29F2N7O2. The number of piperidine rings is 1. The Bertz CT molecular complexity index is 1330. The molecule has 9 nitrogen and oxygen atoms in total. The quantitative estimate of drug-likeness (QED) is 0.400. The maximum atomic E-state index is 15.3. The summed E-state index contributed by atoms with van der Waals surface area (Å²) in [5.41, 5.74) is 12.0. The van der Waals surface area contributed by atoms with Crippen LogP contribution in [0.1, 0.15) is 47.5 Å². The Hall–Kier alpha value is -4.12. The molecule has 2 aromatic heterocycles. The number of nitrogens with two attached hydrogens (primary N) is 2. The third-order valence-corrected chi connectivity index (χ3v) is 6.00. The van der Waals surface area contributed by atoms with Crippen molar-refractivity contribution in [2.45, 2.75) is 38.8 Å². The third-order valence-electron chi connectivity index (χ3n) is 6.00. The molecule has 1 unspecified atom stereocenters. The van der Waals surface area contributed by atoms with E-state index in [2.05, 4.69) is 25.5 Å². The van der Waals surface area contributed by atoms with Crippen molar-refractivity contribution in [1.82, 2.24) is 15.3 Å². The number of carbonyl (C=O) groups excluding carboxylic acids is 2. The number of hydrogen-bond acceptors (Lipinski definition) is 7. The first-order chi connectivity index (χ1) is 17.7. The first-order valence-electron chi connectivity index (χ1n) is 12.0. The van der Waals surface area contributed by atoms with E-state index in [9.17, 15) is 14.0 Å². The highest BCUT2D eigenvalue weighted by Crippen LogP contribution is 2.30. The number of hydrogen-bond donors (Lipinski definition) is 4. The van der Waals surface area contributed by atoms with Gasteiger partial charge in [-0.3, -0.25) is 14.6 Å². The number of pyridine rings is 2. The van der Waals surface area contributed by atoms with Crippen molar-refractivity contribution in [3.63, 3.8) is 0 Å². The minimum Gasteiger partial charge on any atom is -0.397 e. The van der Waals surface area contributed by atoms with Gasteiger partial charge in [0.15, 0.2) is 5.69 Å². The summed E-state index contributed by atoms with van der Waals surface area (Å²) in [5.74, 6) is -3.39. The van der Waals surface area contributed by atoms with E-state index in [-0.39, 0.29) is 34.7 Å². The summed E-state index contributed by atoms with van der Waals surface area (Å²) in [4.78, 5) is 35.9. The highest BCUT2D eigenvalue weighted by Gasteiger charge is 2.24. The molecule has 1 aliphatic rings. The highest BCUT2D eigenvalue weighted by molar-refractivity contribution is 6.08. The smallest absolute Gasteiger partial charge is 0.276 e. The van der Waals surface area contributed by atoms with Crippen LogP contribution in [0.15, 0.2) is 42.7 Å². The number of anilines is 3. The predicted molar refractivity (Wildman–Crippen MR) is 138 cm³/mol. The first-order valence-corrected chi connectivity index (χ1v) is 12.0. The van der Waals surface area contributed by atoms with Gasteiger partial charge in [0, 0.05) is 31.4 Å². The van der Waals surface area contributed by atoms with Crippen LogP contribution in [0.2, 0.25) is 0 Å². The second kappa shape index (κ2) is 10.9. The summed E-state index contributed by atoms with van der Waals surface area (Å²) in [5, 5.41) is 5.34. The molecule has 0 radical (unpaired) electrons. The lowest BCUT2D eigenvalue weighted by molar-refractivity contribution is 0.0938. The van der Waals surface area contributed by atoms with E-state index in [1.54, 1.807) is 26.1 Å². The third kappa shape index (κ3) is 5.67. The van der Waals surface area contributed by atoms with Crippen molar-refractivity contribution in [3.8, 4) is 11.3 Å². The average molecular weight is 510 g/mol. The van der Waals surface area contributed by atoms with Gasteiger partial charge in [-0.15, -0.1) is 0 Å². The highest BCUT2D eigenvalue weighted by atomic mass is 19.1. The topological polar surface area (TPSA) is 139 Å². The summed E-state index contributed by atoms with van der Waals surface area (Å²) in [6, 6.07) is 6.22. The molecule has 6 N–H and O–H groups in total. The Morgan fingerprint density at radius 3 is 2.65 bits per heavy atom. The summed E-state index contributed by atoms with van der Waals surface area (Å²) in [6.45, 7) is 4.84. The Kier molecular flexibility index (Phi) is 7.63. The summed E-state index contributed by atoms with van der Waals surface area (Å²) in [7, 11) is 0. The number of halogens is 2. The van der Waals surface area contributed by atoms with Crippen molar-refractivity contribution in [2.24, 2.45) is 5.73 Å². The molecule has 1 fully saturated rings. The summed E-state index contributed by atoms with van der Waals surface area (Å²) in [6.07, 6.45) is 4.96. The van der Waals surface area contributed by atoms with E-state index < -0.39 is 29.0 Å². The van der Waals surface area contributed by atoms with Crippen molar-refractivity contribution >= 4 is 28.9 Å². The molecule has 0 bridgehead atoms. The van der Waals surface area contributed by atoms with E-state index in [0.29, 0.717) is 12.2 Å². The Morgan fingerprint density at radius 1 is 1.14 bits per heavy atom. The minimum absolute atomic E-state index is 0.0150. The van der Waals surface area contributed by atoms with Crippen LogP contribution in [0.4, 0.5) is 25.8 Å².